The maximum atomic E-state index is 13.2. The normalized spacial score (nSPS) is 12.3. The molecule has 0 aliphatic heterocycles. The lowest BCUT2D eigenvalue weighted by Crippen LogP contribution is -2.15. The summed E-state index contributed by atoms with van der Waals surface area (Å²) in [6, 6.07) is 16.7. The Hall–Kier alpha value is -1.71. The molecule has 2 aromatic carbocycles. The molecule has 20 heavy (non-hydrogen) atoms. The monoisotopic (exact) mass is 273 g/mol. The summed E-state index contributed by atoms with van der Waals surface area (Å²) < 4.78 is 18.9. The Morgan fingerprint density at radius 3 is 2.55 bits per heavy atom. The second kappa shape index (κ2) is 7.78. The third kappa shape index (κ3) is 4.44. The molecule has 2 rings (SSSR count). The summed E-state index contributed by atoms with van der Waals surface area (Å²) in [5, 5.41) is 0. The highest BCUT2D eigenvalue weighted by Gasteiger charge is 2.10. The van der Waals surface area contributed by atoms with Gasteiger partial charge in [-0.15, -0.1) is 0 Å². The molecule has 0 aromatic heterocycles. The molecule has 0 spiro atoms. The van der Waals surface area contributed by atoms with Crippen molar-refractivity contribution in [1.82, 2.24) is 0 Å². The van der Waals surface area contributed by atoms with E-state index in [-0.39, 0.29) is 11.7 Å². The van der Waals surface area contributed by atoms with Gasteiger partial charge in [-0.2, -0.15) is 0 Å². The van der Waals surface area contributed by atoms with Crippen LogP contribution in [0.25, 0.3) is 0 Å². The van der Waals surface area contributed by atoms with Gasteiger partial charge in [0.2, 0.25) is 0 Å². The van der Waals surface area contributed by atoms with Crippen molar-refractivity contribution in [3.05, 3.63) is 71.5 Å². The molecule has 0 aliphatic rings. The standard InChI is InChI=1S/C17H20FNO/c18-17-8-4-7-15(11-17)16(12-19)9-10-20-13-14-5-2-1-3-6-14/h1-8,11,16H,9-10,12-13,19H2/t16-/m0/s1. The van der Waals surface area contributed by atoms with Crippen molar-refractivity contribution < 1.29 is 9.13 Å². The number of ether oxygens (including phenoxy) is 1. The largest absolute Gasteiger partial charge is 0.377 e. The number of nitrogens with two attached hydrogens (primary N) is 1. The van der Waals surface area contributed by atoms with Crippen molar-refractivity contribution in [2.45, 2.75) is 18.9 Å². The average molecular weight is 273 g/mol. The maximum absolute atomic E-state index is 13.2. The number of hydrogen-bond acceptors (Lipinski definition) is 2. The third-order valence-corrected chi connectivity index (χ3v) is 3.33. The maximum Gasteiger partial charge on any atom is 0.123 e. The minimum Gasteiger partial charge on any atom is -0.377 e. The Labute approximate surface area is 119 Å². The van der Waals surface area contributed by atoms with Gasteiger partial charge in [-0.25, -0.2) is 4.39 Å². The van der Waals surface area contributed by atoms with Crippen molar-refractivity contribution in [3.63, 3.8) is 0 Å². The lowest BCUT2D eigenvalue weighted by Gasteiger charge is -2.15. The molecular formula is C17H20FNO. The van der Waals surface area contributed by atoms with Crippen LogP contribution in [0.15, 0.2) is 54.6 Å². The molecule has 3 heteroatoms. The van der Waals surface area contributed by atoms with E-state index in [1.165, 1.54) is 6.07 Å². The molecule has 0 amide bonds. The van der Waals surface area contributed by atoms with Crippen LogP contribution in [0.2, 0.25) is 0 Å². The summed E-state index contributed by atoms with van der Waals surface area (Å²) in [4.78, 5) is 0. The van der Waals surface area contributed by atoms with Crippen molar-refractivity contribution in [2.24, 2.45) is 5.73 Å². The zero-order chi connectivity index (χ0) is 14.2. The Balaban J connectivity index is 1.80. The zero-order valence-corrected chi connectivity index (χ0v) is 11.5. The molecule has 0 aliphatic carbocycles. The van der Waals surface area contributed by atoms with Gasteiger partial charge in [0.05, 0.1) is 6.61 Å². The smallest absolute Gasteiger partial charge is 0.123 e. The molecule has 0 saturated heterocycles. The van der Waals surface area contributed by atoms with Crippen molar-refractivity contribution in [3.8, 4) is 0 Å². The minimum atomic E-state index is -0.217. The first-order valence-electron chi connectivity index (χ1n) is 6.87. The van der Waals surface area contributed by atoms with Crippen LogP contribution < -0.4 is 5.73 Å². The van der Waals surface area contributed by atoms with Gasteiger partial charge in [0.25, 0.3) is 0 Å². The van der Waals surface area contributed by atoms with Crippen LogP contribution in [0.1, 0.15) is 23.5 Å². The number of rotatable bonds is 7. The fourth-order valence-electron chi connectivity index (χ4n) is 2.17. The molecule has 2 aromatic rings. The van der Waals surface area contributed by atoms with E-state index in [4.69, 9.17) is 10.5 Å². The van der Waals surface area contributed by atoms with Gasteiger partial charge in [-0.3, -0.25) is 0 Å². The zero-order valence-electron chi connectivity index (χ0n) is 11.5. The Kier molecular flexibility index (Phi) is 5.71. The van der Waals surface area contributed by atoms with E-state index in [2.05, 4.69) is 0 Å². The highest BCUT2D eigenvalue weighted by atomic mass is 19.1. The topological polar surface area (TPSA) is 35.2 Å². The summed E-state index contributed by atoms with van der Waals surface area (Å²) in [5.74, 6) is -0.0763. The molecule has 0 radical (unpaired) electrons. The Morgan fingerprint density at radius 2 is 1.85 bits per heavy atom. The molecule has 0 bridgehead atoms. The molecule has 2 N–H and O–H groups in total. The highest BCUT2D eigenvalue weighted by molar-refractivity contribution is 5.21. The van der Waals surface area contributed by atoms with Crippen LogP contribution in [-0.2, 0) is 11.3 Å². The second-order valence-electron chi connectivity index (χ2n) is 4.81. The van der Waals surface area contributed by atoms with Crippen molar-refractivity contribution >= 4 is 0 Å². The first-order valence-corrected chi connectivity index (χ1v) is 6.87. The fourth-order valence-corrected chi connectivity index (χ4v) is 2.17. The van der Waals surface area contributed by atoms with Gasteiger partial charge < -0.3 is 10.5 Å². The van der Waals surface area contributed by atoms with Gasteiger partial charge >= 0.3 is 0 Å². The third-order valence-electron chi connectivity index (χ3n) is 3.33. The summed E-state index contributed by atoms with van der Waals surface area (Å²) in [5.41, 5.74) is 7.87. The SMILES string of the molecule is NC[C@H](CCOCc1ccccc1)c1cccc(F)c1. The van der Waals surface area contributed by atoms with E-state index in [1.54, 1.807) is 12.1 Å². The number of benzene rings is 2. The van der Waals surface area contributed by atoms with Gasteiger partial charge in [-0.05, 0) is 42.1 Å². The molecule has 0 saturated carbocycles. The molecule has 2 nitrogen and oxygen atoms in total. The second-order valence-corrected chi connectivity index (χ2v) is 4.81. The molecule has 0 unspecified atom stereocenters. The van der Waals surface area contributed by atoms with Crippen molar-refractivity contribution in [1.29, 1.82) is 0 Å². The first kappa shape index (κ1) is 14.7. The van der Waals surface area contributed by atoms with Crippen LogP contribution in [0.3, 0.4) is 0 Å². The van der Waals surface area contributed by atoms with Gasteiger partial charge in [0.1, 0.15) is 5.82 Å². The van der Waals surface area contributed by atoms with Crippen LogP contribution in [0.5, 0.6) is 0 Å². The molecule has 0 heterocycles. The van der Waals surface area contributed by atoms with Gasteiger partial charge in [-0.1, -0.05) is 42.5 Å². The molecule has 1 atom stereocenters. The van der Waals surface area contributed by atoms with E-state index in [1.807, 2.05) is 36.4 Å². The van der Waals surface area contributed by atoms with Crippen molar-refractivity contribution in [2.75, 3.05) is 13.2 Å². The summed E-state index contributed by atoms with van der Waals surface area (Å²) in [6.07, 6.45) is 0.798. The van der Waals surface area contributed by atoms with Crippen LogP contribution >= 0.6 is 0 Å². The Bertz CT molecular complexity index is 515. The number of halogens is 1. The van der Waals surface area contributed by atoms with E-state index in [9.17, 15) is 4.39 Å². The quantitative estimate of drug-likeness (QED) is 0.784. The summed E-state index contributed by atoms with van der Waals surface area (Å²) >= 11 is 0. The van der Waals surface area contributed by atoms with Crippen LogP contribution in [0.4, 0.5) is 4.39 Å². The Morgan fingerprint density at radius 1 is 1.05 bits per heavy atom. The van der Waals surface area contributed by atoms with E-state index in [0.29, 0.717) is 19.8 Å². The number of hydrogen-bond donors (Lipinski definition) is 1. The fraction of sp³-hybridized carbons (Fsp3) is 0.294. The van der Waals surface area contributed by atoms with Crippen LogP contribution in [-0.4, -0.2) is 13.2 Å². The lowest BCUT2D eigenvalue weighted by atomic mass is 9.96. The molecular weight excluding hydrogens is 253 g/mol. The minimum absolute atomic E-state index is 0.140. The van der Waals surface area contributed by atoms with Gasteiger partial charge in [0, 0.05) is 6.61 Å². The van der Waals surface area contributed by atoms with Gasteiger partial charge in [0.15, 0.2) is 0 Å². The van der Waals surface area contributed by atoms with E-state index < -0.39 is 0 Å². The predicted molar refractivity (Wildman–Crippen MR) is 78.9 cm³/mol. The highest BCUT2D eigenvalue weighted by Crippen LogP contribution is 2.19. The molecule has 106 valence electrons. The molecule has 0 fully saturated rings. The lowest BCUT2D eigenvalue weighted by molar-refractivity contribution is 0.114. The van der Waals surface area contributed by atoms with E-state index >= 15 is 0 Å². The summed E-state index contributed by atoms with van der Waals surface area (Å²) in [6.45, 7) is 1.71. The van der Waals surface area contributed by atoms with Crippen LogP contribution in [0, 0.1) is 5.82 Å². The van der Waals surface area contributed by atoms with E-state index in [0.717, 1.165) is 17.5 Å². The first-order chi connectivity index (χ1) is 9.79. The average Bonchev–Trinajstić information content (AvgIpc) is 2.48. The summed E-state index contributed by atoms with van der Waals surface area (Å²) in [7, 11) is 0. The predicted octanol–water partition coefficient (Wildman–Crippen LogP) is 3.47.